The summed E-state index contributed by atoms with van der Waals surface area (Å²) in [6, 6.07) is 5.27. The zero-order valence-corrected chi connectivity index (χ0v) is 10.2. The van der Waals surface area contributed by atoms with E-state index in [1.807, 2.05) is 17.7 Å². The summed E-state index contributed by atoms with van der Waals surface area (Å²) < 4.78 is 1.91. The first-order chi connectivity index (χ1) is 8.13. The van der Waals surface area contributed by atoms with E-state index in [2.05, 4.69) is 4.98 Å². The highest BCUT2D eigenvalue weighted by Gasteiger charge is 2.10. The van der Waals surface area contributed by atoms with Crippen molar-refractivity contribution in [2.75, 3.05) is 0 Å². The van der Waals surface area contributed by atoms with Crippen molar-refractivity contribution in [2.24, 2.45) is 5.73 Å². The minimum absolute atomic E-state index is 0.0208. The molecule has 3 N–H and O–H groups in total. The summed E-state index contributed by atoms with van der Waals surface area (Å²) in [5.41, 5.74) is 7.01. The SMILES string of the molecule is CCc1nccn1-c1cc(Cl)ccc1C(=N)N. The lowest BCUT2D eigenvalue weighted by molar-refractivity contribution is 0.889. The smallest absolute Gasteiger partial charge is 0.124 e. The van der Waals surface area contributed by atoms with Crippen molar-refractivity contribution >= 4 is 17.4 Å². The number of aromatic nitrogens is 2. The molecule has 0 aliphatic heterocycles. The van der Waals surface area contributed by atoms with Crippen LogP contribution in [0.2, 0.25) is 5.02 Å². The molecule has 0 amide bonds. The molecule has 88 valence electrons. The summed E-state index contributed by atoms with van der Waals surface area (Å²) >= 11 is 5.99. The third-order valence-corrected chi connectivity index (χ3v) is 2.78. The molecular weight excluding hydrogens is 236 g/mol. The number of benzene rings is 1. The number of halogens is 1. The summed E-state index contributed by atoms with van der Waals surface area (Å²) in [5.74, 6) is 0.933. The number of nitrogens with zero attached hydrogens (tertiary/aromatic N) is 2. The van der Waals surface area contributed by atoms with Crippen molar-refractivity contribution < 1.29 is 0 Å². The Labute approximate surface area is 105 Å². The highest BCUT2D eigenvalue weighted by Crippen LogP contribution is 2.21. The molecule has 0 aliphatic carbocycles. The predicted octanol–water partition coefficient (Wildman–Crippen LogP) is 2.37. The Bertz CT molecular complexity index is 559. The molecule has 1 aromatic heterocycles. The summed E-state index contributed by atoms with van der Waals surface area (Å²) in [5, 5.41) is 8.19. The highest BCUT2D eigenvalue weighted by molar-refractivity contribution is 6.31. The van der Waals surface area contributed by atoms with Crippen LogP contribution in [-0.4, -0.2) is 15.4 Å². The third kappa shape index (κ3) is 2.17. The Hall–Kier alpha value is -1.81. The molecule has 2 aromatic rings. The Morgan fingerprint density at radius 3 is 2.94 bits per heavy atom. The maximum Gasteiger partial charge on any atom is 0.124 e. The Morgan fingerprint density at radius 2 is 2.29 bits per heavy atom. The Balaban J connectivity index is 2.65. The molecule has 0 unspecified atom stereocenters. The molecule has 0 spiro atoms. The molecule has 1 heterocycles. The van der Waals surface area contributed by atoms with E-state index in [0.717, 1.165) is 17.9 Å². The lowest BCUT2D eigenvalue weighted by Gasteiger charge is -2.12. The van der Waals surface area contributed by atoms with Crippen LogP contribution in [0.4, 0.5) is 0 Å². The topological polar surface area (TPSA) is 67.7 Å². The first-order valence-corrected chi connectivity index (χ1v) is 5.67. The van der Waals surface area contributed by atoms with E-state index in [-0.39, 0.29) is 5.84 Å². The number of hydrogen-bond donors (Lipinski definition) is 2. The van der Waals surface area contributed by atoms with Gasteiger partial charge in [-0.15, -0.1) is 0 Å². The van der Waals surface area contributed by atoms with Crippen LogP contribution in [-0.2, 0) is 6.42 Å². The molecule has 4 nitrogen and oxygen atoms in total. The Morgan fingerprint density at radius 1 is 1.53 bits per heavy atom. The molecule has 0 fully saturated rings. The zero-order chi connectivity index (χ0) is 12.4. The van der Waals surface area contributed by atoms with Gasteiger partial charge in [0.15, 0.2) is 0 Å². The maximum atomic E-state index is 7.58. The molecule has 0 saturated heterocycles. The van der Waals surface area contributed by atoms with Crippen LogP contribution in [0.15, 0.2) is 30.6 Å². The second kappa shape index (κ2) is 4.59. The number of rotatable bonds is 3. The van der Waals surface area contributed by atoms with Gasteiger partial charge < -0.3 is 10.3 Å². The first-order valence-electron chi connectivity index (χ1n) is 5.30. The van der Waals surface area contributed by atoms with Crippen molar-refractivity contribution in [3.05, 3.63) is 47.0 Å². The van der Waals surface area contributed by atoms with Crippen LogP contribution in [0.25, 0.3) is 5.69 Å². The van der Waals surface area contributed by atoms with E-state index >= 15 is 0 Å². The summed E-state index contributed by atoms with van der Waals surface area (Å²) in [4.78, 5) is 4.25. The van der Waals surface area contributed by atoms with Crippen LogP contribution in [0, 0.1) is 5.41 Å². The molecule has 0 aliphatic rings. The van der Waals surface area contributed by atoms with Gasteiger partial charge in [0, 0.05) is 29.4 Å². The summed E-state index contributed by atoms with van der Waals surface area (Å²) in [6.07, 6.45) is 4.37. The fourth-order valence-electron chi connectivity index (χ4n) is 1.75. The largest absolute Gasteiger partial charge is 0.384 e. The van der Waals surface area contributed by atoms with Crippen molar-refractivity contribution in [3.8, 4) is 5.69 Å². The summed E-state index contributed by atoms with van der Waals surface area (Å²) in [7, 11) is 0. The molecule has 2 rings (SSSR count). The van der Waals surface area contributed by atoms with Gasteiger partial charge in [-0.3, -0.25) is 5.41 Å². The number of aryl methyl sites for hydroxylation is 1. The second-order valence-electron chi connectivity index (χ2n) is 3.64. The highest BCUT2D eigenvalue weighted by atomic mass is 35.5. The van der Waals surface area contributed by atoms with Crippen LogP contribution < -0.4 is 5.73 Å². The molecule has 0 saturated carbocycles. The second-order valence-corrected chi connectivity index (χ2v) is 4.08. The number of hydrogen-bond acceptors (Lipinski definition) is 2. The van der Waals surface area contributed by atoms with Crippen LogP contribution >= 0.6 is 11.6 Å². The van der Waals surface area contributed by atoms with E-state index in [1.54, 1.807) is 24.4 Å². The average Bonchev–Trinajstić information content (AvgIpc) is 2.76. The first kappa shape index (κ1) is 11.7. The molecular formula is C12H13ClN4. The number of amidine groups is 1. The lowest BCUT2D eigenvalue weighted by Crippen LogP contribution is -2.15. The molecule has 0 radical (unpaired) electrons. The lowest BCUT2D eigenvalue weighted by atomic mass is 10.1. The minimum atomic E-state index is 0.0208. The van der Waals surface area contributed by atoms with Crippen molar-refractivity contribution in [2.45, 2.75) is 13.3 Å². The van der Waals surface area contributed by atoms with E-state index in [4.69, 9.17) is 22.7 Å². The number of nitrogens with two attached hydrogens (primary N) is 1. The molecule has 1 aromatic carbocycles. The third-order valence-electron chi connectivity index (χ3n) is 2.54. The van der Waals surface area contributed by atoms with Gasteiger partial charge in [-0.1, -0.05) is 18.5 Å². The van der Waals surface area contributed by atoms with Crippen molar-refractivity contribution in [3.63, 3.8) is 0 Å². The van der Waals surface area contributed by atoms with Gasteiger partial charge in [0.05, 0.1) is 5.69 Å². The molecule has 17 heavy (non-hydrogen) atoms. The Kier molecular flexibility index (Phi) is 3.15. The zero-order valence-electron chi connectivity index (χ0n) is 9.44. The van der Waals surface area contributed by atoms with E-state index in [9.17, 15) is 0 Å². The van der Waals surface area contributed by atoms with E-state index < -0.39 is 0 Å². The van der Waals surface area contributed by atoms with Crippen molar-refractivity contribution in [1.82, 2.24) is 9.55 Å². The van der Waals surface area contributed by atoms with Crippen LogP contribution in [0.1, 0.15) is 18.3 Å². The number of imidazole rings is 1. The fourth-order valence-corrected chi connectivity index (χ4v) is 1.91. The summed E-state index contributed by atoms with van der Waals surface area (Å²) in [6.45, 7) is 2.02. The number of nitrogens with one attached hydrogen (secondary N) is 1. The van der Waals surface area contributed by atoms with Gasteiger partial charge in [0.25, 0.3) is 0 Å². The average molecular weight is 249 g/mol. The van der Waals surface area contributed by atoms with Gasteiger partial charge in [0.1, 0.15) is 11.7 Å². The quantitative estimate of drug-likeness (QED) is 0.647. The monoisotopic (exact) mass is 248 g/mol. The van der Waals surface area contributed by atoms with Crippen LogP contribution in [0.3, 0.4) is 0 Å². The van der Waals surface area contributed by atoms with Gasteiger partial charge in [0.2, 0.25) is 0 Å². The predicted molar refractivity (Wildman–Crippen MR) is 69.0 cm³/mol. The van der Waals surface area contributed by atoms with Crippen LogP contribution in [0.5, 0.6) is 0 Å². The molecule has 0 atom stereocenters. The van der Waals surface area contributed by atoms with Crippen molar-refractivity contribution in [1.29, 1.82) is 5.41 Å². The molecule has 0 bridgehead atoms. The molecule has 5 heteroatoms. The van der Waals surface area contributed by atoms with E-state index in [1.165, 1.54) is 0 Å². The van der Waals surface area contributed by atoms with Gasteiger partial charge in [-0.2, -0.15) is 0 Å². The number of nitrogen functional groups attached to an aromatic ring is 1. The maximum absolute atomic E-state index is 7.58. The van der Waals surface area contributed by atoms with Gasteiger partial charge >= 0.3 is 0 Å². The van der Waals surface area contributed by atoms with E-state index in [0.29, 0.717) is 10.6 Å². The standard InChI is InChI=1S/C12H13ClN4/c1-2-11-16-5-6-17(11)10-7-8(13)3-4-9(10)12(14)15/h3-7H,2H2,1H3,(H3,14,15). The van der Waals surface area contributed by atoms with Gasteiger partial charge in [-0.25, -0.2) is 4.98 Å². The minimum Gasteiger partial charge on any atom is -0.384 e. The normalized spacial score (nSPS) is 10.5. The van der Waals surface area contributed by atoms with Gasteiger partial charge in [-0.05, 0) is 18.2 Å². The fraction of sp³-hybridized carbons (Fsp3) is 0.167.